The molecule has 42 heavy (non-hydrogen) atoms. The van der Waals surface area contributed by atoms with Gasteiger partial charge in [-0.25, -0.2) is 9.78 Å². The number of esters is 1. The molecule has 0 unspecified atom stereocenters. The zero-order valence-electron chi connectivity index (χ0n) is 23.7. The molecule has 0 saturated carbocycles. The van der Waals surface area contributed by atoms with Crippen molar-refractivity contribution in [2.75, 3.05) is 27.4 Å². The molecule has 3 aromatic carbocycles. The summed E-state index contributed by atoms with van der Waals surface area (Å²) in [6.07, 6.45) is 3.48. The summed E-state index contributed by atoms with van der Waals surface area (Å²) in [4.78, 5) is 17.3. The molecular formula is C33H32ClN3O4S. The van der Waals surface area contributed by atoms with Crippen LogP contribution >= 0.6 is 22.9 Å². The SMILES string of the molecule is COCCOc1ccc2sc(CCc3c(CCc4ccc(Cl)cc4)c4cc(C(=O)OC)ccc4n3CCC#N)nc2c1. The van der Waals surface area contributed by atoms with Gasteiger partial charge in [0, 0.05) is 47.8 Å². The van der Waals surface area contributed by atoms with Crippen LogP contribution in [0.25, 0.3) is 21.1 Å². The number of hydrogen-bond acceptors (Lipinski definition) is 7. The van der Waals surface area contributed by atoms with Gasteiger partial charge in [0.2, 0.25) is 0 Å². The first kappa shape index (κ1) is 29.6. The molecule has 0 fully saturated rings. The Bertz CT molecular complexity index is 1740. The van der Waals surface area contributed by atoms with E-state index in [0.29, 0.717) is 36.8 Å². The molecule has 2 aromatic heterocycles. The Morgan fingerprint density at radius 1 is 1.00 bits per heavy atom. The molecule has 0 spiro atoms. The van der Waals surface area contributed by atoms with Crippen molar-refractivity contribution in [3.05, 3.63) is 93.1 Å². The third-order valence-corrected chi connectivity index (χ3v) is 8.62. The first-order chi connectivity index (χ1) is 20.5. The molecular weight excluding hydrogens is 570 g/mol. The van der Waals surface area contributed by atoms with E-state index in [4.69, 9.17) is 30.8 Å². The summed E-state index contributed by atoms with van der Waals surface area (Å²) in [5.41, 5.74) is 5.97. The molecule has 0 bridgehead atoms. The fourth-order valence-electron chi connectivity index (χ4n) is 5.24. The number of ether oxygens (including phenoxy) is 3. The highest BCUT2D eigenvalue weighted by Crippen LogP contribution is 2.32. The number of benzene rings is 3. The minimum atomic E-state index is -0.369. The number of nitrogens with zero attached hydrogens (tertiary/aromatic N) is 3. The van der Waals surface area contributed by atoms with E-state index in [1.54, 1.807) is 24.5 Å². The van der Waals surface area contributed by atoms with Crippen LogP contribution in [0, 0.1) is 11.3 Å². The molecule has 5 rings (SSSR count). The quantitative estimate of drug-likeness (QED) is 0.105. The summed E-state index contributed by atoms with van der Waals surface area (Å²) < 4.78 is 19.2. The summed E-state index contributed by atoms with van der Waals surface area (Å²) in [6, 6.07) is 21.9. The number of carbonyl (C=O) groups excluding carboxylic acids is 1. The van der Waals surface area contributed by atoms with E-state index in [-0.39, 0.29) is 5.97 Å². The molecule has 5 aromatic rings. The molecule has 0 amide bonds. The molecule has 0 atom stereocenters. The van der Waals surface area contributed by atoms with Crippen LogP contribution in [-0.2, 0) is 41.7 Å². The number of nitriles is 1. The number of aryl methyl sites for hydroxylation is 4. The van der Waals surface area contributed by atoms with Crippen molar-refractivity contribution < 1.29 is 19.0 Å². The molecule has 7 nitrogen and oxygen atoms in total. The molecule has 0 aliphatic heterocycles. The zero-order chi connectivity index (χ0) is 29.5. The smallest absolute Gasteiger partial charge is 0.337 e. The molecule has 0 N–H and O–H groups in total. The predicted molar refractivity (Wildman–Crippen MR) is 167 cm³/mol. The summed E-state index contributed by atoms with van der Waals surface area (Å²) in [5.74, 6) is 0.408. The Balaban J connectivity index is 1.49. The average Bonchev–Trinajstić information content (AvgIpc) is 3.55. The van der Waals surface area contributed by atoms with Crippen LogP contribution in [0.2, 0.25) is 5.02 Å². The Kier molecular flexibility index (Phi) is 9.75. The summed E-state index contributed by atoms with van der Waals surface area (Å²) in [7, 11) is 3.05. The van der Waals surface area contributed by atoms with E-state index < -0.39 is 0 Å². The highest BCUT2D eigenvalue weighted by molar-refractivity contribution is 7.18. The zero-order valence-corrected chi connectivity index (χ0v) is 25.3. The van der Waals surface area contributed by atoms with Gasteiger partial charge in [-0.1, -0.05) is 23.7 Å². The summed E-state index contributed by atoms with van der Waals surface area (Å²) in [5, 5.41) is 12.2. The lowest BCUT2D eigenvalue weighted by Gasteiger charge is -2.11. The van der Waals surface area contributed by atoms with E-state index in [9.17, 15) is 10.1 Å². The molecule has 0 aliphatic carbocycles. The van der Waals surface area contributed by atoms with E-state index in [1.165, 1.54) is 23.9 Å². The standard InChI is InChI=1S/C33H32ClN3O4S/c1-39-18-19-41-25-10-14-31-28(21-25)36-32(42-31)15-13-29-26(11-6-22-4-8-24(34)9-5-22)27-20-23(33(38)40-2)7-12-30(27)37(29)17-3-16-35/h4-5,7-10,12,14,20-21H,3,6,11,13,15,17-19H2,1-2H3. The first-order valence-electron chi connectivity index (χ1n) is 13.9. The summed E-state index contributed by atoms with van der Waals surface area (Å²) in [6.45, 7) is 1.59. The minimum absolute atomic E-state index is 0.369. The lowest BCUT2D eigenvalue weighted by Crippen LogP contribution is -2.07. The number of halogens is 1. The van der Waals surface area contributed by atoms with Crippen molar-refractivity contribution in [2.24, 2.45) is 0 Å². The summed E-state index contributed by atoms with van der Waals surface area (Å²) >= 11 is 7.80. The number of methoxy groups -OCH3 is 2. The number of thiazole rings is 1. The number of aromatic nitrogens is 2. The van der Waals surface area contributed by atoms with Gasteiger partial charge in [0.1, 0.15) is 12.4 Å². The first-order valence-corrected chi connectivity index (χ1v) is 15.0. The monoisotopic (exact) mass is 601 g/mol. The Morgan fingerprint density at radius 3 is 2.60 bits per heavy atom. The van der Waals surface area contributed by atoms with Gasteiger partial charge in [-0.2, -0.15) is 5.26 Å². The van der Waals surface area contributed by atoms with E-state index in [0.717, 1.165) is 57.6 Å². The Morgan fingerprint density at radius 2 is 1.83 bits per heavy atom. The number of rotatable bonds is 13. The van der Waals surface area contributed by atoms with Crippen molar-refractivity contribution in [1.29, 1.82) is 5.26 Å². The van der Waals surface area contributed by atoms with Crippen molar-refractivity contribution in [1.82, 2.24) is 9.55 Å². The Hall–Kier alpha value is -3.90. The van der Waals surface area contributed by atoms with Crippen molar-refractivity contribution in [3.63, 3.8) is 0 Å². The second kappa shape index (κ2) is 13.8. The van der Waals surface area contributed by atoms with Gasteiger partial charge < -0.3 is 18.8 Å². The van der Waals surface area contributed by atoms with Crippen LogP contribution in [-0.4, -0.2) is 43.0 Å². The molecule has 0 saturated heterocycles. The minimum Gasteiger partial charge on any atom is -0.491 e. The lowest BCUT2D eigenvalue weighted by molar-refractivity contribution is 0.0601. The van der Waals surface area contributed by atoms with Crippen LogP contribution in [0.15, 0.2) is 60.7 Å². The van der Waals surface area contributed by atoms with Crippen LogP contribution in [0.1, 0.15) is 38.6 Å². The maximum absolute atomic E-state index is 12.4. The predicted octanol–water partition coefficient (Wildman–Crippen LogP) is 7.20. The van der Waals surface area contributed by atoms with Gasteiger partial charge in [-0.15, -0.1) is 11.3 Å². The third kappa shape index (κ3) is 6.76. The Labute approximate surface area is 254 Å². The van der Waals surface area contributed by atoms with Crippen molar-refractivity contribution in [3.8, 4) is 11.8 Å². The van der Waals surface area contributed by atoms with Crippen molar-refractivity contribution >= 4 is 50.0 Å². The van der Waals surface area contributed by atoms with Gasteiger partial charge in [0.25, 0.3) is 0 Å². The van der Waals surface area contributed by atoms with Crippen LogP contribution < -0.4 is 4.74 Å². The van der Waals surface area contributed by atoms with Crippen molar-refractivity contribution in [2.45, 2.75) is 38.6 Å². The average molecular weight is 602 g/mol. The van der Waals surface area contributed by atoms with Gasteiger partial charge in [-0.05, 0) is 72.9 Å². The second-order valence-electron chi connectivity index (χ2n) is 9.91. The molecule has 9 heteroatoms. The molecule has 0 radical (unpaired) electrons. The van der Waals surface area contributed by atoms with Crippen LogP contribution in [0.5, 0.6) is 5.75 Å². The number of fused-ring (bicyclic) bond motifs is 2. The topological polar surface area (TPSA) is 86.4 Å². The van der Waals surface area contributed by atoms with E-state index in [1.807, 2.05) is 48.5 Å². The highest BCUT2D eigenvalue weighted by Gasteiger charge is 2.20. The maximum atomic E-state index is 12.4. The fraction of sp³-hybridized carbons (Fsp3) is 0.303. The largest absolute Gasteiger partial charge is 0.491 e. The third-order valence-electron chi connectivity index (χ3n) is 7.27. The second-order valence-corrected chi connectivity index (χ2v) is 11.5. The van der Waals surface area contributed by atoms with Gasteiger partial charge in [0.15, 0.2) is 0 Å². The maximum Gasteiger partial charge on any atom is 0.337 e. The van der Waals surface area contributed by atoms with Crippen LogP contribution in [0.3, 0.4) is 0 Å². The molecule has 216 valence electrons. The van der Waals surface area contributed by atoms with Gasteiger partial charge in [0.05, 0.1) is 47.0 Å². The molecule has 0 aliphatic rings. The van der Waals surface area contributed by atoms with Crippen LogP contribution in [0.4, 0.5) is 0 Å². The van der Waals surface area contributed by atoms with E-state index in [2.05, 4.69) is 16.7 Å². The van der Waals surface area contributed by atoms with E-state index >= 15 is 0 Å². The number of carbonyl (C=O) groups is 1. The normalized spacial score (nSPS) is 11.2. The number of hydrogen-bond donors (Lipinski definition) is 0. The van der Waals surface area contributed by atoms with Gasteiger partial charge >= 0.3 is 5.97 Å². The lowest BCUT2D eigenvalue weighted by atomic mass is 9.99. The van der Waals surface area contributed by atoms with Gasteiger partial charge in [-0.3, -0.25) is 0 Å². The fourth-order valence-corrected chi connectivity index (χ4v) is 6.32. The molecule has 2 heterocycles. The highest BCUT2D eigenvalue weighted by atomic mass is 35.5.